The topological polar surface area (TPSA) is 113 Å². The average Bonchev–Trinajstić information content (AvgIpc) is 2.59. The van der Waals surface area contributed by atoms with E-state index in [0.29, 0.717) is 5.69 Å². The summed E-state index contributed by atoms with van der Waals surface area (Å²) < 4.78 is 0. The van der Waals surface area contributed by atoms with Gasteiger partial charge in [0.25, 0.3) is 11.6 Å². The number of anilines is 2. The van der Waals surface area contributed by atoms with E-state index in [9.17, 15) is 19.7 Å². The Balaban J connectivity index is 2.11. The molecule has 0 aliphatic rings. The minimum absolute atomic E-state index is 0.101. The molecule has 0 saturated heterocycles. The molecule has 0 atom stereocenters. The number of carbonyl (C=O) groups is 2. The summed E-state index contributed by atoms with van der Waals surface area (Å²) in [7, 11) is 0. The molecule has 0 aliphatic heterocycles. The number of nitrogens with one attached hydrogen (secondary N) is 3. The lowest BCUT2D eigenvalue weighted by atomic mass is 10.1. The van der Waals surface area contributed by atoms with Crippen LogP contribution in [-0.4, -0.2) is 28.8 Å². The molecule has 0 fully saturated rings. The minimum atomic E-state index is -0.562. The number of hydrogen-bond acceptors (Lipinski definition) is 5. The third kappa shape index (κ3) is 6.10. The third-order valence-electron chi connectivity index (χ3n) is 3.43. The fraction of sp³-hybridized carbons (Fsp3) is 0.263. The monoisotopic (exact) mass is 370 g/mol. The van der Waals surface area contributed by atoms with Crippen molar-refractivity contribution in [3.05, 3.63) is 64.2 Å². The van der Waals surface area contributed by atoms with Gasteiger partial charge in [0.05, 0.1) is 11.5 Å². The Hall–Kier alpha value is -3.42. The fourth-order valence-electron chi connectivity index (χ4n) is 2.33. The molecule has 2 amide bonds. The largest absolute Gasteiger partial charge is 0.350 e. The molecule has 0 bridgehead atoms. The smallest absolute Gasteiger partial charge is 0.293 e. The van der Waals surface area contributed by atoms with Gasteiger partial charge in [-0.15, -0.1) is 0 Å². The Kier molecular flexibility index (Phi) is 6.12. The van der Waals surface area contributed by atoms with Gasteiger partial charge in [-0.1, -0.05) is 18.2 Å². The number of hydrogen-bond donors (Lipinski definition) is 3. The van der Waals surface area contributed by atoms with Crippen molar-refractivity contribution in [2.24, 2.45) is 0 Å². The summed E-state index contributed by atoms with van der Waals surface area (Å²) in [5.74, 6) is -0.902. The van der Waals surface area contributed by atoms with Crippen LogP contribution in [0.3, 0.4) is 0 Å². The lowest BCUT2D eigenvalue weighted by Gasteiger charge is -2.20. The van der Waals surface area contributed by atoms with Crippen LogP contribution in [0.1, 0.15) is 31.1 Å². The first-order chi connectivity index (χ1) is 12.7. The van der Waals surface area contributed by atoms with Gasteiger partial charge in [0.2, 0.25) is 5.91 Å². The van der Waals surface area contributed by atoms with Crippen LogP contribution < -0.4 is 16.0 Å². The number of nitro groups is 1. The van der Waals surface area contributed by atoms with Gasteiger partial charge < -0.3 is 16.0 Å². The van der Waals surface area contributed by atoms with Crippen LogP contribution in [0.4, 0.5) is 17.1 Å². The maximum atomic E-state index is 12.2. The zero-order valence-electron chi connectivity index (χ0n) is 15.4. The van der Waals surface area contributed by atoms with Gasteiger partial charge in [-0.2, -0.15) is 0 Å². The van der Waals surface area contributed by atoms with Crippen molar-refractivity contribution in [2.45, 2.75) is 26.3 Å². The van der Waals surface area contributed by atoms with E-state index < -0.39 is 16.4 Å². The molecule has 142 valence electrons. The summed E-state index contributed by atoms with van der Waals surface area (Å²) in [5.41, 5.74) is 0.421. The fourth-order valence-corrected chi connectivity index (χ4v) is 2.33. The molecule has 2 rings (SSSR count). The van der Waals surface area contributed by atoms with Crippen LogP contribution in [0.25, 0.3) is 0 Å². The van der Waals surface area contributed by atoms with Crippen LogP contribution in [0.2, 0.25) is 0 Å². The molecule has 0 heterocycles. The van der Waals surface area contributed by atoms with E-state index in [-0.39, 0.29) is 29.4 Å². The third-order valence-corrected chi connectivity index (χ3v) is 3.43. The molecule has 8 nitrogen and oxygen atoms in total. The van der Waals surface area contributed by atoms with E-state index in [1.54, 1.807) is 24.3 Å². The van der Waals surface area contributed by atoms with Crippen LogP contribution in [-0.2, 0) is 4.79 Å². The summed E-state index contributed by atoms with van der Waals surface area (Å²) >= 11 is 0. The van der Waals surface area contributed by atoms with E-state index in [0.717, 1.165) is 0 Å². The first kappa shape index (κ1) is 19.9. The summed E-state index contributed by atoms with van der Waals surface area (Å²) in [4.78, 5) is 34.8. The molecule has 27 heavy (non-hydrogen) atoms. The molecular formula is C19H22N4O4. The second-order valence-corrected chi connectivity index (χ2v) is 6.96. The highest BCUT2D eigenvalue weighted by Gasteiger charge is 2.19. The van der Waals surface area contributed by atoms with Crippen molar-refractivity contribution < 1.29 is 14.5 Å². The van der Waals surface area contributed by atoms with E-state index in [4.69, 9.17) is 0 Å². The first-order valence-electron chi connectivity index (χ1n) is 8.35. The minimum Gasteiger partial charge on any atom is -0.350 e. The number of carbonyl (C=O) groups excluding carboxylic acids is 2. The molecule has 0 radical (unpaired) electrons. The predicted octanol–water partition coefficient (Wildman–Crippen LogP) is 2.98. The maximum Gasteiger partial charge on any atom is 0.293 e. The van der Waals surface area contributed by atoms with Crippen LogP contribution in [0.5, 0.6) is 0 Å². The lowest BCUT2D eigenvalue weighted by molar-refractivity contribution is -0.383. The van der Waals surface area contributed by atoms with Gasteiger partial charge in [-0.25, -0.2) is 0 Å². The predicted molar refractivity (Wildman–Crippen MR) is 103 cm³/mol. The number of amides is 2. The van der Waals surface area contributed by atoms with Crippen molar-refractivity contribution in [1.82, 2.24) is 10.6 Å². The van der Waals surface area contributed by atoms with Crippen molar-refractivity contribution in [2.75, 3.05) is 11.9 Å². The Morgan fingerprint density at radius 1 is 1.07 bits per heavy atom. The van der Waals surface area contributed by atoms with E-state index in [1.165, 1.54) is 18.2 Å². The van der Waals surface area contributed by atoms with Crippen molar-refractivity contribution in [3.63, 3.8) is 0 Å². The molecule has 0 aliphatic carbocycles. The standard InChI is InChI=1S/C19H22N4O4/c1-19(2,3)22-17(24)12-20-18(25)13-9-10-15(16(11-13)23(26)27)21-14-7-5-4-6-8-14/h4-11,21H,12H2,1-3H3,(H,20,25)(H,22,24). The average molecular weight is 370 g/mol. The zero-order valence-corrected chi connectivity index (χ0v) is 15.4. The molecule has 0 spiro atoms. The van der Waals surface area contributed by atoms with Gasteiger partial charge in [0, 0.05) is 22.9 Å². The highest BCUT2D eigenvalue weighted by molar-refractivity contribution is 5.97. The first-order valence-corrected chi connectivity index (χ1v) is 8.35. The van der Waals surface area contributed by atoms with E-state index in [1.807, 2.05) is 26.8 Å². The van der Waals surface area contributed by atoms with Gasteiger partial charge in [-0.05, 0) is 45.0 Å². The van der Waals surface area contributed by atoms with Crippen LogP contribution >= 0.6 is 0 Å². The van der Waals surface area contributed by atoms with Crippen molar-refractivity contribution in [3.8, 4) is 0 Å². The Labute approximate surface area is 157 Å². The second-order valence-electron chi connectivity index (χ2n) is 6.96. The van der Waals surface area contributed by atoms with E-state index in [2.05, 4.69) is 16.0 Å². The summed E-state index contributed by atoms with van der Waals surface area (Å²) in [6.07, 6.45) is 0. The molecule has 0 saturated carbocycles. The van der Waals surface area contributed by atoms with Gasteiger partial charge >= 0.3 is 0 Å². The Morgan fingerprint density at radius 3 is 2.33 bits per heavy atom. The van der Waals surface area contributed by atoms with Crippen molar-refractivity contribution >= 4 is 28.9 Å². The molecule has 2 aromatic rings. The van der Waals surface area contributed by atoms with Crippen molar-refractivity contribution in [1.29, 1.82) is 0 Å². The maximum absolute atomic E-state index is 12.2. The summed E-state index contributed by atoms with van der Waals surface area (Å²) in [6.45, 7) is 5.27. The number of benzene rings is 2. The highest BCUT2D eigenvalue weighted by Crippen LogP contribution is 2.28. The van der Waals surface area contributed by atoms with Gasteiger partial charge in [0.1, 0.15) is 5.69 Å². The number of nitrogens with zero attached hydrogens (tertiary/aromatic N) is 1. The van der Waals surface area contributed by atoms with E-state index >= 15 is 0 Å². The quantitative estimate of drug-likeness (QED) is 0.534. The molecule has 0 unspecified atom stereocenters. The molecule has 3 N–H and O–H groups in total. The number of rotatable bonds is 6. The highest BCUT2D eigenvalue weighted by atomic mass is 16.6. The molecule has 0 aromatic heterocycles. The summed E-state index contributed by atoms with van der Waals surface area (Å²) in [6, 6.07) is 13.1. The molecular weight excluding hydrogens is 348 g/mol. The van der Waals surface area contributed by atoms with Gasteiger partial charge in [0.15, 0.2) is 0 Å². The normalized spacial score (nSPS) is 10.8. The second kappa shape index (κ2) is 8.31. The lowest BCUT2D eigenvalue weighted by Crippen LogP contribution is -2.45. The Morgan fingerprint density at radius 2 is 1.74 bits per heavy atom. The van der Waals surface area contributed by atoms with Gasteiger partial charge in [-0.3, -0.25) is 19.7 Å². The molecule has 8 heteroatoms. The SMILES string of the molecule is CC(C)(C)NC(=O)CNC(=O)c1ccc(Nc2ccccc2)c([N+](=O)[O-])c1. The van der Waals surface area contributed by atoms with Crippen LogP contribution in [0, 0.1) is 10.1 Å². The number of para-hydroxylation sites is 1. The summed E-state index contributed by atoms with van der Waals surface area (Å²) in [5, 5.41) is 19.5. The Bertz CT molecular complexity index is 845. The zero-order chi connectivity index (χ0) is 20.0. The molecule has 2 aromatic carbocycles. The number of nitro benzene ring substituents is 1. The van der Waals surface area contributed by atoms with Crippen LogP contribution in [0.15, 0.2) is 48.5 Å².